The lowest BCUT2D eigenvalue weighted by Crippen LogP contribution is -2.04. The Balaban J connectivity index is 2.11. The summed E-state index contributed by atoms with van der Waals surface area (Å²) < 4.78 is 0. The largest absolute Gasteiger partial charge is 0.177 e. The van der Waals surface area contributed by atoms with E-state index in [2.05, 4.69) is 15.4 Å². The fraction of sp³-hybridized carbons (Fsp3) is 0.364. The molecule has 0 radical (unpaired) electrons. The molecule has 0 atom stereocenters. The van der Waals surface area contributed by atoms with E-state index in [1.54, 1.807) is 4.80 Å². The highest BCUT2D eigenvalue weighted by Gasteiger charge is 2.06. The van der Waals surface area contributed by atoms with Crippen LogP contribution >= 0.6 is 11.6 Å². The van der Waals surface area contributed by atoms with Crippen molar-refractivity contribution in [3.05, 3.63) is 40.7 Å². The highest BCUT2D eigenvalue weighted by molar-refractivity contribution is 6.30. The third kappa shape index (κ3) is 2.58. The number of nitrogens with zero attached hydrogens (tertiary/aromatic N) is 4. The van der Waals surface area contributed by atoms with E-state index in [1.165, 1.54) is 0 Å². The quantitative estimate of drug-likeness (QED) is 0.823. The number of tetrazole rings is 1. The van der Waals surface area contributed by atoms with Gasteiger partial charge >= 0.3 is 0 Å². The molecule has 0 saturated heterocycles. The summed E-state index contributed by atoms with van der Waals surface area (Å²) in [5.41, 5.74) is 1.11. The SMILES string of the molecule is CC(C)c1nnn(Cc2ccc(Cl)cc2)n1. The summed E-state index contributed by atoms with van der Waals surface area (Å²) >= 11 is 5.81. The van der Waals surface area contributed by atoms with E-state index < -0.39 is 0 Å². The molecule has 0 spiro atoms. The van der Waals surface area contributed by atoms with Gasteiger partial charge in [-0.2, -0.15) is 4.80 Å². The molecule has 0 N–H and O–H groups in total. The summed E-state index contributed by atoms with van der Waals surface area (Å²) in [5.74, 6) is 1.08. The van der Waals surface area contributed by atoms with E-state index in [4.69, 9.17) is 11.6 Å². The van der Waals surface area contributed by atoms with Gasteiger partial charge in [0.1, 0.15) is 0 Å². The minimum atomic E-state index is 0.305. The molecule has 0 bridgehead atoms. The van der Waals surface area contributed by atoms with Gasteiger partial charge in [-0.05, 0) is 22.9 Å². The molecule has 0 aliphatic heterocycles. The predicted octanol–water partition coefficient (Wildman–Crippen LogP) is 2.50. The second kappa shape index (κ2) is 4.61. The third-order valence-corrected chi connectivity index (χ3v) is 2.47. The Morgan fingerprint density at radius 2 is 1.94 bits per heavy atom. The van der Waals surface area contributed by atoms with E-state index in [0.717, 1.165) is 16.4 Å². The summed E-state index contributed by atoms with van der Waals surface area (Å²) in [7, 11) is 0. The van der Waals surface area contributed by atoms with Crippen LogP contribution in [0.3, 0.4) is 0 Å². The van der Waals surface area contributed by atoms with E-state index in [9.17, 15) is 0 Å². The summed E-state index contributed by atoms with van der Waals surface area (Å²) in [6.07, 6.45) is 0. The molecule has 1 heterocycles. The fourth-order valence-electron chi connectivity index (χ4n) is 1.31. The van der Waals surface area contributed by atoms with E-state index in [-0.39, 0.29) is 0 Å². The van der Waals surface area contributed by atoms with E-state index >= 15 is 0 Å². The van der Waals surface area contributed by atoms with E-state index in [1.807, 2.05) is 38.1 Å². The van der Waals surface area contributed by atoms with Crippen molar-refractivity contribution in [2.75, 3.05) is 0 Å². The van der Waals surface area contributed by atoms with Crippen molar-refractivity contribution < 1.29 is 0 Å². The third-order valence-electron chi connectivity index (χ3n) is 2.22. The van der Waals surface area contributed by atoms with E-state index in [0.29, 0.717) is 12.5 Å². The van der Waals surface area contributed by atoms with Gasteiger partial charge < -0.3 is 0 Å². The van der Waals surface area contributed by atoms with Crippen LogP contribution in [0.1, 0.15) is 31.2 Å². The van der Waals surface area contributed by atoms with Crippen LogP contribution in [0, 0.1) is 0 Å². The van der Waals surface area contributed by atoms with Crippen molar-refractivity contribution in [1.82, 2.24) is 20.2 Å². The fourth-order valence-corrected chi connectivity index (χ4v) is 1.43. The Hall–Kier alpha value is -1.42. The average Bonchev–Trinajstić information content (AvgIpc) is 2.70. The highest BCUT2D eigenvalue weighted by Crippen LogP contribution is 2.11. The molecule has 2 aromatic rings. The molecule has 16 heavy (non-hydrogen) atoms. The summed E-state index contributed by atoms with van der Waals surface area (Å²) in [4.78, 5) is 1.60. The Kier molecular flexibility index (Phi) is 3.19. The van der Waals surface area contributed by atoms with Crippen molar-refractivity contribution in [3.63, 3.8) is 0 Å². The maximum absolute atomic E-state index is 5.81. The van der Waals surface area contributed by atoms with Gasteiger partial charge in [-0.3, -0.25) is 0 Å². The number of halogens is 1. The van der Waals surface area contributed by atoms with Crippen LogP contribution in [0.25, 0.3) is 0 Å². The number of hydrogen-bond donors (Lipinski definition) is 0. The number of benzene rings is 1. The van der Waals surface area contributed by atoms with Gasteiger partial charge in [0.15, 0.2) is 5.82 Å². The number of hydrogen-bond acceptors (Lipinski definition) is 3. The first-order chi connectivity index (χ1) is 7.65. The molecule has 0 saturated carbocycles. The molecule has 2 rings (SSSR count). The van der Waals surface area contributed by atoms with Crippen LogP contribution in [-0.2, 0) is 6.54 Å². The van der Waals surface area contributed by atoms with Gasteiger partial charge in [0.2, 0.25) is 0 Å². The molecule has 0 fully saturated rings. The number of rotatable bonds is 3. The second-order valence-electron chi connectivity index (χ2n) is 3.96. The zero-order chi connectivity index (χ0) is 11.5. The minimum absolute atomic E-state index is 0.305. The van der Waals surface area contributed by atoms with Crippen molar-refractivity contribution in [3.8, 4) is 0 Å². The van der Waals surface area contributed by atoms with Gasteiger partial charge in [0, 0.05) is 10.9 Å². The monoisotopic (exact) mass is 236 g/mol. The Morgan fingerprint density at radius 3 is 2.50 bits per heavy atom. The zero-order valence-electron chi connectivity index (χ0n) is 9.26. The molecule has 1 aromatic carbocycles. The zero-order valence-corrected chi connectivity index (χ0v) is 10.0. The van der Waals surface area contributed by atoms with Crippen molar-refractivity contribution in [2.45, 2.75) is 26.3 Å². The lowest BCUT2D eigenvalue weighted by atomic mass is 10.2. The van der Waals surface area contributed by atoms with Crippen LogP contribution < -0.4 is 0 Å². The van der Waals surface area contributed by atoms with Crippen molar-refractivity contribution in [2.24, 2.45) is 0 Å². The first-order valence-corrected chi connectivity index (χ1v) is 5.55. The van der Waals surface area contributed by atoms with Crippen LogP contribution in [-0.4, -0.2) is 20.2 Å². The Morgan fingerprint density at radius 1 is 1.25 bits per heavy atom. The van der Waals surface area contributed by atoms with Gasteiger partial charge in [0.05, 0.1) is 6.54 Å². The van der Waals surface area contributed by atoms with Gasteiger partial charge in [-0.25, -0.2) is 0 Å². The maximum Gasteiger partial charge on any atom is 0.177 e. The lowest BCUT2D eigenvalue weighted by molar-refractivity contribution is 0.568. The first kappa shape index (κ1) is 11.1. The minimum Gasteiger partial charge on any atom is -0.160 e. The normalized spacial score (nSPS) is 11.0. The van der Waals surface area contributed by atoms with Crippen molar-refractivity contribution >= 4 is 11.6 Å². The molecule has 0 aliphatic rings. The van der Waals surface area contributed by atoms with Crippen LogP contribution in [0.5, 0.6) is 0 Å². The first-order valence-electron chi connectivity index (χ1n) is 5.17. The molecule has 1 aromatic heterocycles. The van der Waals surface area contributed by atoms with Crippen LogP contribution in [0.15, 0.2) is 24.3 Å². The molecular formula is C11H13ClN4. The second-order valence-corrected chi connectivity index (χ2v) is 4.40. The molecule has 0 aliphatic carbocycles. The lowest BCUT2D eigenvalue weighted by Gasteiger charge is -1.99. The van der Waals surface area contributed by atoms with Crippen LogP contribution in [0.2, 0.25) is 5.02 Å². The highest BCUT2D eigenvalue weighted by atomic mass is 35.5. The summed E-state index contributed by atoms with van der Waals surface area (Å²) in [6.45, 7) is 4.71. The molecule has 5 heteroatoms. The molecule has 0 unspecified atom stereocenters. The summed E-state index contributed by atoms with van der Waals surface area (Å²) in [5, 5.41) is 13.0. The molecule has 84 valence electrons. The predicted molar refractivity (Wildman–Crippen MR) is 62.5 cm³/mol. The van der Waals surface area contributed by atoms with Gasteiger partial charge in [-0.15, -0.1) is 10.2 Å². The Labute approximate surface area is 99.2 Å². The molecule has 4 nitrogen and oxygen atoms in total. The maximum atomic E-state index is 5.81. The number of aromatic nitrogens is 4. The van der Waals surface area contributed by atoms with Gasteiger partial charge in [-0.1, -0.05) is 37.6 Å². The molecular weight excluding hydrogens is 224 g/mol. The Bertz CT molecular complexity index is 461. The average molecular weight is 237 g/mol. The summed E-state index contributed by atoms with van der Waals surface area (Å²) in [6, 6.07) is 7.63. The molecule has 0 amide bonds. The van der Waals surface area contributed by atoms with Gasteiger partial charge in [0.25, 0.3) is 0 Å². The van der Waals surface area contributed by atoms with Crippen molar-refractivity contribution in [1.29, 1.82) is 0 Å². The topological polar surface area (TPSA) is 43.6 Å². The van der Waals surface area contributed by atoms with Crippen LogP contribution in [0.4, 0.5) is 0 Å². The smallest absolute Gasteiger partial charge is 0.160 e. The standard InChI is InChI=1S/C11H13ClN4/c1-8(2)11-13-15-16(14-11)7-9-3-5-10(12)6-4-9/h3-6,8H,7H2,1-2H3.